The highest BCUT2D eigenvalue weighted by Gasteiger charge is 2.31. The van der Waals surface area contributed by atoms with E-state index in [0.29, 0.717) is 37.6 Å². The Kier molecular flexibility index (Phi) is 3.04. The summed E-state index contributed by atoms with van der Waals surface area (Å²) >= 11 is 0. The van der Waals surface area contributed by atoms with Gasteiger partial charge in [0.15, 0.2) is 0 Å². The molecule has 1 aliphatic rings. The average Bonchev–Trinajstić information content (AvgIpc) is 2.75. The number of hydrogen-bond acceptors (Lipinski definition) is 5. The molecule has 5 heteroatoms. The molecule has 0 aliphatic carbocycles. The van der Waals surface area contributed by atoms with Crippen LogP contribution in [0, 0.1) is 11.3 Å². The van der Waals surface area contributed by atoms with Crippen molar-refractivity contribution in [1.82, 2.24) is 4.98 Å². The minimum absolute atomic E-state index is 0.345. The Morgan fingerprint density at radius 1 is 1.69 bits per heavy atom. The van der Waals surface area contributed by atoms with Crippen LogP contribution in [0.4, 0.5) is 5.82 Å². The van der Waals surface area contributed by atoms with E-state index in [9.17, 15) is 5.11 Å². The molecule has 0 radical (unpaired) electrons. The molecule has 1 unspecified atom stereocenters. The molecule has 1 aliphatic heterocycles. The number of nitriles is 1. The lowest BCUT2D eigenvalue weighted by molar-refractivity contribution is 0.0381. The topological polar surface area (TPSA) is 78.2 Å². The van der Waals surface area contributed by atoms with Gasteiger partial charge in [-0.05, 0) is 12.1 Å². The smallest absolute Gasteiger partial charge is 0.127 e. The zero-order valence-electron chi connectivity index (χ0n) is 8.81. The summed E-state index contributed by atoms with van der Waals surface area (Å²) in [4.78, 5) is 4.07. The van der Waals surface area contributed by atoms with Gasteiger partial charge in [-0.1, -0.05) is 0 Å². The van der Waals surface area contributed by atoms with Crippen LogP contribution in [-0.4, -0.2) is 35.5 Å². The summed E-state index contributed by atoms with van der Waals surface area (Å²) in [6.07, 6.45) is 2.19. The van der Waals surface area contributed by atoms with Gasteiger partial charge in [0, 0.05) is 25.8 Å². The summed E-state index contributed by atoms with van der Waals surface area (Å²) in [5.41, 5.74) is -0.267. The molecule has 0 saturated carbocycles. The van der Waals surface area contributed by atoms with Gasteiger partial charge in [-0.3, -0.25) is 0 Å². The number of aromatic nitrogens is 1. The van der Waals surface area contributed by atoms with Crippen LogP contribution in [0.1, 0.15) is 12.0 Å². The van der Waals surface area contributed by atoms with E-state index in [-0.39, 0.29) is 0 Å². The number of pyridine rings is 1. The van der Waals surface area contributed by atoms with Crippen LogP contribution < -0.4 is 5.32 Å². The lowest BCUT2D eigenvalue weighted by Gasteiger charge is -2.20. The third-order valence-corrected chi connectivity index (χ3v) is 2.57. The van der Waals surface area contributed by atoms with Gasteiger partial charge < -0.3 is 15.2 Å². The third kappa shape index (κ3) is 2.48. The summed E-state index contributed by atoms with van der Waals surface area (Å²) in [5.74, 6) is 0.597. The van der Waals surface area contributed by atoms with E-state index in [1.807, 2.05) is 6.07 Å². The normalized spacial score (nSPS) is 24.0. The molecule has 1 saturated heterocycles. The van der Waals surface area contributed by atoms with Crippen molar-refractivity contribution in [1.29, 1.82) is 5.26 Å². The van der Waals surface area contributed by atoms with Crippen LogP contribution in [0.5, 0.6) is 0 Å². The summed E-state index contributed by atoms with van der Waals surface area (Å²) in [5, 5.41) is 21.7. The molecule has 16 heavy (non-hydrogen) atoms. The molecule has 0 spiro atoms. The largest absolute Gasteiger partial charge is 0.386 e. The Hall–Kier alpha value is -1.64. The first-order valence-corrected chi connectivity index (χ1v) is 5.12. The first kappa shape index (κ1) is 10.9. The number of rotatable bonds is 3. The van der Waals surface area contributed by atoms with Crippen molar-refractivity contribution in [2.24, 2.45) is 0 Å². The molecule has 1 aromatic rings. The van der Waals surface area contributed by atoms with Crippen molar-refractivity contribution >= 4 is 5.82 Å². The second-order valence-corrected chi connectivity index (χ2v) is 3.92. The van der Waals surface area contributed by atoms with Crippen molar-refractivity contribution < 1.29 is 9.84 Å². The highest BCUT2D eigenvalue weighted by molar-refractivity contribution is 5.42. The average molecular weight is 219 g/mol. The number of nitrogens with one attached hydrogen (secondary N) is 1. The molecule has 84 valence electrons. The summed E-state index contributed by atoms with van der Waals surface area (Å²) < 4.78 is 5.13. The maximum absolute atomic E-state index is 10.00. The Morgan fingerprint density at radius 3 is 3.25 bits per heavy atom. The molecular formula is C11H13N3O2. The van der Waals surface area contributed by atoms with Gasteiger partial charge in [-0.2, -0.15) is 5.26 Å². The zero-order chi connectivity index (χ0) is 11.4. The molecule has 5 nitrogen and oxygen atoms in total. The Balaban J connectivity index is 1.96. The van der Waals surface area contributed by atoms with Gasteiger partial charge >= 0.3 is 0 Å². The van der Waals surface area contributed by atoms with E-state index in [1.54, 1.807) is 18.3 Å². The maximum Gasteiger partial charge on any atom is 0.127 e. The first-order valence-electron chi connectivity index (χ1n) is 5.12. The van der Waals surface area contributed by atoms with Crippen molar-refractivity contribution in [3.05, 3.63) is 23.9 Å². The highest BCUT2D eigenvalue weighted by Crippen LogP contribution is 2.18. The van der Waals surface area contributed by atoms with Gasteiger partial charge in [-0.15, -0.1) is 0 Å². The quantitative estimate of drug-likeness (QED) is 0.774. The van der Waals surface area contributed by atoms with E-state index in [0.717, 1.165) is 0 Å². The number of ether oxygens (including phenoxy) is 1. The van der Waals surface area contributed by atoms with E-state index < -0.39 is 5.60 Å². The second-order valence-electron chi connectivity index (χ2n) is 3.92. The maximum atomic E-state index is 10.00. The Morgan fingerprint density at radius 2 is 2.56 bits per heavy atom. The molecule has 1 aromatic heterocycles. The second kappa shape index (κ2) is 4.47. The number of anilines is 1. The van der Waals surface area contributed by atoms with Crippen LogP contribution in [0.2, 0.25) is 0 Å². The number of nitrogens with zero attached hydrogens (tertiary/aromatic N) is 2. The van der Waals surface area contributed by atoms with Crippen LogP contribution in [0.3, 0.4) is 0 Å². The predicted octanol–water partition coefficient (Wildman–Crippen LogP) is 0.517. The fourth-order valence-corrected chi connectivity index (χ4v) is 1.59. The SMILES string of the molecule is N#Cc1ccnc(NCC2(O)CCOC2)c1. The molecule has 1 fully saturated rings. The molecule has 2 heterocycles. The zero-order valence-corrected chi connectivity index (χ0v) is 8.81. The first-order chi connectivity index (χ1) is 7.72. The molecule has 0 amide bonds. The molecule has 1 atom stereocenters. The number of hydrogen-bond donors (Lipinski definition) is 2. The molecular weight excluding hydrogens is 206 g/mol. The van der Waals surface area contributed by atoms with Crippen molar-refractivity contribution in [3.8, 4) is 6.07 Å². The van der Waals surface area contributed by atoms with Crippen LogP contribution in [0.25, 0.3) is 0 Å². The van der Waals surface area contributed by atoms with Gasteiger partial charge in [0.05, 0.1) is 18.2 Å². The van der Waals surface area contributed by atoms with Gasteiger partial charge in [0.25, 0.3) is 0 Å². The summed E-state index contributed by atoms with van der Waals surface area (Å²) in [6.45, 7) is 1.32. The molecule has 0 aromatic carbocycles. The van der Waals surface area contributed by atoms with Gasteiger partial charge in [0.2, 0.25) is 0 Å². The Labute approximate surface area is 93.7 Å². The van der Waals surface area contributed by atoms with E-state index in [2.05, 4.69) is 10.3 Å². The van der Waals surface area contributed by atoms with Gasteiger partial charge in [0.1, 0.15) is 11.4 Å². The minimum atomic E-state index is -0.815. The summed E-state index contributed by atoms with van der Waals surface area (Å²) in [6, 6.07) is 5.33. The minimum Gasteiger partial charge on any atom is -0.386 e. The monoisotopic (exact) mass is 219 g/mol. The van der Waals surface area contributed by atoms with Crippen molar-refractivity contribution in [2.45, 2.75) is 12.0 Å². The van der Waals surface area contributed by atoms with Crippen LogP contribution in [-0.2, 0) is 4.74 Å². The predicted molar refractivity (Wildman–Crippen MR) is 57.8 cm³/mol. The summed E-state index contributed by atoms with van der Waals surface area (Å²) in [7, 11) is 0. The third-order valence-electron chi connectivity index (χ3n) is 2.57. The molecule has 2 rings (SSSR count). The van der Waals surface area contributed by atoms with Crippen LogP contribution >= 0.6 is 0 Å². The number of aliphatic hydroxyl groups is 1. The van der Waals surface area contributed by atoms with Gasteiger partial charge in [-0.25, -0.2) is 4.98 Å². The van der Waals surface area contributed by atoms with Crippen molar-refractivity contribution in [2.75, 3.05) is 25.1 Å². The van der Waals surface area contributed by atoms with Crippen molar-refractivity contribution in [3.63, 3.8) is 0 Å². The molecule has 0 bridgehead atoms. The standard InChI is InChI=1S/C11H13N3O2/c12-6-9-1-3-13-10(5-9)14-7-11(15)2-4-16-8-11/h1,3,5,15H,2,4,7-8H2,(H,13,14). The lowest BCUT2D eigenvalue weighted by Crippen LogP contribution is -2.37. The Bertz CT molecular complexity index is 408. The van der Waals surface area contributed by atoms with E-state index in [4.69, 9.17) is 10.00 Å². The van der Waals surface area contributed by atoms with E-state index >= 15 is 0 Å². The fourth-order valence-electron chi connectivity index (χ4n) is 1.59. The molecule has 2 N–H and O–H groups in total. The fraction of sp³-hybridized carbons (Fsp3) is 0.455. The van der Waals surface area contributed by atoms with Crippen LogP contribution in [0.15, 0.2) is 18.3 Å². The highest BCUT2D eigenvalue weighted by atomic mass is 16.5. The lowest BCUT2D eigenvalue weighted by atomic mass is 10.0. The van der Waals surface area contributed by atoms with E-state index in [1.165, 1.54) is 0 Å².